The van der Waals surface area contributed by atoms with Gasteiger partial charge in [0.1, 0.15) is 0 Å². The van der Waals surface area contributed by atoms with Crippen LogP contribution in [0.3, 0.4) is 0 Å². The van der Waals surface area contributed by atoms with Gasteiger partial charge in [0.05, 0.1) is 4.90 Å². The van der Waals surface area contributed by atoms with Crippen molar-refractivity contribution in [2.45, 2.75) is 11.8 Å². The lowest BCUT2D eigenvalue weighted by molar-refractivity contribution is 0.482. The smallest absolute Gasteiger partial charge is 0.282 e. The van der Waals surface area contributed by atoms with Crippen molar-refractivity contribution >= 4 is 20.9 Å². The Hall–Kier alpha value is -2.17. The zero-order valence-electron chi connectivity index (χ0n) is 11.4. The first-order valence-electron chi connectivity index (χ1n) is 6.53. The third kappa shape index (κ3) is 2.55. The van der Waals surface area contributed by atoms with Crippen LogP contribution >= 0.6 is 0 Å². The maximum Gasteiger partial charge on any atom is 0.294 e. The Balaban J connectivity index is 2.29. The second-order valence-corrected chi connectivity index (χ2v) is 6.37. The highest BCUT2D eigenvalue weighted by atomic mass is 32.2. The summed E-state index contributed by atoms with van der Waals surface area (Å²) in [5.74, 6) is 0. The standard InChI is InChI=1S/C17H14O3S/c1-12-9-10-14(11-17(12)21(18,19)20)16-8-4-6-13-5-2-3-7-15(13)16/h2-11H,1H3,(H,18,19,20). The van der Waals surface area contributed by atoms with E-state index in [0.717, 1.165) is 21.9 Å². The molecule has 3 aromatic rings. The molecule has 0 aliphatic heterocycles. The molecule has 0 heterocycles. The fourth-order valence-corrected chi connectivity index (χ4v) is 3.27. The van der Waals surface area contributed by atoms with Gasteiger partial charge in [0.2, 0.25) is 0 Å². The van der Waals surface area contributed by atoms with Gasteiger partial charge in [-0.15, -0.1) is 0 Å². The summed E-state index contributed by atoms with van der Waals surface area (Å²) in [6, 6.07) is 18.9. The van der Waals surface area contributed by atoms with E-state index in [1.165, 1.54) is 6.07 Å². The average molecular weight is 298 g/mol. The molecule has 0 saturated heterocycles. The Bertz CT molecular complexity index is 922. The summed E-state index contributed by atoms with van der Waals surface area (Å²) in [4.78, 5) is -0.0482. The van der Waals surface area contributed by atoms with Crippen molar-refractivity contribution in [1.82, 2.24) is 0 Å². The highest BCUT2D eigenvalue weighted by Crippen LogP contribution is 2.30. The molecule has 0 unspecified atom stereocenters. The maximum atomic E-state index is 11.5. The molecule has 3 aromatic carbocycles. The van der Waals surface area contributed by atoms with Gasteiger partial charge < -0.3 is 0 Å². The van der Waals surface area contributed by atoms with Crippen LogP contribution in [0.1, 0.15) is 5.56 Å². The van der Waals surface area contributed by atoms with Crippen LogP contribution in [0.25, 0.3) is 21.9 Å². The maximum absolute atomic E-state index is 11.5. The number of hydrogen-bond donors (Lipinski definition) is 1. The molecule has 0 amide bonds. The zero-order valence-corrected chi connectivity index (χ0v) is 12.3. The van der Waals surface area contributed by atoms with E-state index in [4.69, 9.17) is 0 Å². The van der Waals surface area contributed by atoms with Crippen LogP contribution in [0.4, 0.5) is 0 Å². The van der Waals surface area contributed by atoms with Gasteiger partial charge >= 0.3 is 0 Å². The molecule has 21 heavy (non-hydrogen) atoms. The van der Waals surface area contributed by atoms with Crippen LogP contribution in [0.15, 0.2) is 65.6 Å². The molecular formula is C17H14O3S. The van der Waals surface area contributed by atoms with Crippen molar-refractivity contribution in [3.8, 4) is 11.1 Å². The predicted octanol–water partition coefficient (Wildman–Crippen LogP) is 4.06. The second-order valence-electron chi connectivity index (χ2n) is 4.98. The van der Waals surface area contributed by atoms with E-state index in [9.17, 15) is 13.0 Å². The van der Waals surface area contributed by atoms with Gasteiger partial charge in [-0.05, 0) is 40.5 Å². The average Bonchev–Trinajstić information content (AvgIpc) is 2.46. The third-order valence-electron chi connectivity index (χ3n) is 3.57. The molecule has 0 bridgehead atoms. The summed E-state index contributed by atoms with van der Waals surface area (Å²) in [5.41, 5.74) is 2.24. The number of aryl methyl sites for hydroxylation is 1. The summed E-state index contributed by atoms with van der Waals surface area (Å²) in [6.45, 7) is 1.66. The monoisotopic (exact) mass is 298 g/mol. The first kappa shape index (κ1) is 13.8. The van der Waals surface area contributed by atoms with Crippen molar-refractivity contribution in [2.24, 2.45) is 0 Å². The topological polar surface area (TPSA) is 54.4 Å². The van der Waals surface area contributed by atoms with Crippen LogP contribution < -0.4 is 0 Å². The van der Waals surface area contributed by atoms with Crippen LogP contribution in [-0.2, 0) is 10.1 Å². The van der Waals surface area contributed by atoms with Crippen LogP contribution in [0, 0.1) is 6.92 Å². The van der Waals surface area contributed by atoms with Crippen molar-refractivity contribution in [3.63, 3.8) is 0 Å². The van der Waals surface area contributed by atoms with Crippen molar-refractivity contribution < 1.29 is 13.0 Å². The minimum Gasteiger partial charge on any atom is -0.282 e. The molecular weight excluding hydrogens is 284 g/mol. The lowest BCUT2D eigenvalue weighted by Gasteiger charge is -2.09. The fourth-order valence-electron chi connectivity index (χ4n) is 2.52. The molecule has 0 aromatic heterocycles. The summed E-state index contributed by atoms with van der Waals surface area (Å²) < 4.78 is 32.2. The van der Waals surface area contributed by atoms with Crippen LogP contribution in [0.2, 0.25) is 0 Å². The van der Waals surface area contributed by atoms with E-state index in [0.29, 0.717) is 5.56 Å². The summed E-state index contributed by atoms with van der Waals surface area (Å²) >= 11 is 0. The van der Waals surface area contributed by atoms with Gasteiger partial charge in [0.15, 0.2) is 0 Å². The van der Waals surface area contributed by atoms with E-state index in [1.54, 1.807) is 13.0 Å². The SMILES string of the molecule is Cc1ccc(-c2cccc3ccccc23)cc1S(=O)(=O)O. The van der Waals surface area contributed by atoms with Crippen LogP contribution in [0.5, 0.6) is 0 Å². The molecule has 0 spiro atoms. The van der Waals surface area contributed by atoms with Crippen molar-refractivity contribution in [2.75, 3.05) is 0 Å². The molecule has 106 valence electrons. The minimum atomic E-state index is -4.22. The van der Waals surface area contributed by atoms with Gasteiger partial charge in [0, 0.05) is 0 Å². The van der Waals surface area contributed by atoms with E-state index < -0.39 is 10.1 Å². The Kier molecular flexibility index (Phi) is 3.27. The van der Waals surface area contributed by atoms with Gasteiger partial charge in [-0.25, -0.2) is 0 Å². The molecule has 0 radical (unpaired) electrons. The molecule has 0 aliphatic rings. The fraction of sp³-hybridized carbons (Fsp3) is 0.0588. The summed E-state index contributed by atoms with van der Waals surface area (Å²) in [7, 11) is -4.22. The number of fused-ring (bicyclic) bond motifs is 1. The summed E-state index contributed by atoms with van der Waals surface area (Å²) in [6.07, 6.45) is 0. The number of rotatable bonds is 2. The van der Waals surface area contributed by atoms with E-state index >= 15 is 0 Å². The zero-order chi connectivity index (χ0) is 15.0. The largest absolute Gasteiger partial charge is 0.294 e. The molecule has 0 atom stereocenters. The summed E-state index contributed by atoms with van der Waals surface area (Å²) in [5, 5.41) is 2.13. The molecule has 0 saturated carbocycles. The third-order valence-corrected chi connectivity index (χ3v) is 4.56. The molecule has 1 N–H and O–H groups in total. The van der Waals surface area contributed by atoms with Gasteiger partial charge in [0.25, 0.3) is 10.1 Å². The Morgan fingerprint density at radius 1 is 0.905 bits per heavy atom. The van der Waals surface area contributed by atoms with Crippen LogP contribution in [-0.4, -0.2) is 13.0 Å². The molecule has 3 rings (SSSR count). The van der Waals surface area contributed by atoms with Gasteiger partial charge in [-0.3, -0.25) is 4.55 Å². The lowest BCUT2D eigenvalue weighted by Crippen LogP contribution is -2.01. The van der Waals surface area contributed by atoms with E-state index in [2.05, 4.69) is 0 Å². The van der Waals surface area contributed by atoms with Gasteiger partial charge in [-0.1, -0.05) is 54.6 Å². The Morgan fingerprint density at radius 2 is 1.62 bits per heavy atom. The number of hydrogen-bond acceptors (Lipinski definition) is 2. The second kappa shape index (κ2) is 4.98. The first-order chi connectivity index (χ1) is 9.97. The molecule has 0 fully saturated rings. The normalized spacial score (nSPS) is 11.7. The number of benzene rings is 3. The quantitative estimate of drug-likeness (QED) is 0.726. The predicted molar refractivity (Wildman–Crippen MR) is 83.9 cm³/mol. The Morgan fingerprint density at radius 3 is 2.38 bits per heavy atom. The Labute approximate surface area is 123 Å². The molecule has 0 aliphatic carbocycles. The van der Waals surface area contributed by atoms with Crippen molar-refractivity contribution in [1.29, 1.82) is 0 Å². The van der Waals surface area contributed by atoms with Crippen molar-refractivity contribution in [3.05, 3.63) is 66.2 Å². The highest BCUT2D eigenvalue weighted by Gasteiger charge is 2.14. The van der Waals surface area contributed by atoms with E-state index in [1.807, 2.05) is 48.5 Å². The highest BCUT2D eigenvalue weighted by molar-refractivity contribution is 7.85. The molecule has 4 heteroatoms. The molecule has 3 nitrogen and oxygen atoms in total. The minimum absolute atomic E-state index is 0.0482. The first-order valence-corrected chi connectivity index (χ1v) is 7.97. The lowest BCUT2D eigenvalue weighted by atomic mass is 9.98. The van der Waals surface area contributed by atoms with E-state index in [-0.39, 0.29) is 4.90 Å². The van der Waals surface area contributed by atoms with Gasteiger partial charge in [-0.2, -0.15) is 8.42 Å².